The molecule has 0 fully saturated rings. The zero-order valence-corrected chi connectivity index (χ0v) is 7.60. The summed E-state index contributed by atoms with van der Waals surface area (Å²) in [6, 6.07) is 0. The van der Waals surface area contributed by atoms with Gasteiger partial charge in [0.05, 0.1) is 0 Å². The zero-order valence-electron chi connectivity index (χ0n) is 7.60. The van der Waals surface area contributed by atoms with Crippen LogP contribution in [0.15, 0.2) is 5.96 Å². The molecule has 12 heavy (non-hydrogen) atoms. The van der Waals surface area contributed by atoms with Crippen LogP contribution in [0.4, 0.5) is 17.2 Å². The summed E-state index contributed by atoms with van der Waals surface area (Å²) < 4.78 is 0. The van der Waals surface area contributed by atoms with Gasteiger partial charge >= 0.3 is 72.2 Å². The zero-order chi connectivity index (χ0) is 8.97. The predicted molar refractivity (Wildman–Crippen MR) is 54.2 cm³/mol. The molecule has 4 nitrogen and oxygen atoms in total. The third-order valence-corrected chi connectivity index (χ3v) is 1.71. The summed E-state index contributed by atoms with van der Waals surface area (Å²) in [7, 11) is 7.37. The molecular formula is C7H13BN4. The normalized spacial score (nSPS) is 8.92. The standard InChI is InChI=1S/C7H13BN4/c1-9-5-4-8-12-7(11-3)6(5)10-2/h4,9-10H,1-3H3,(H,11,12). The molecule has 0 aliphatic carbocycles. The Hall–Kier alpha value is -1.26. The van der Waals surface area contributed by atoms with Crippen molar-refractivity contribution in [1.82, 2.24) is 4.89 Å². The van der Waals surface area contributed by atoms with E-state index in [1.54, 1.807) is 7.05 Å². The molecule has 5 heteroatoms. The SMILES string of the molecule is CNc1cbnc(NC)c1NC. The molecule has 0 aliphatic heterocycles. The summed E-state index contributed by atoms with van der Waals surface area (Å²) in [6.07, 6.45) is 0. The summed E-state index contributed by atoms with van der Waals surface area (Å²) in [6.45, 7) is 0. The van der Waals surface area contributed by atoms with Gasteiger partial charge in [-0.2, -0.15) is 0 Å². The molecule has 3 N–H and O–H groups in total. The first-order chi connectivity index (χ1) is 5.83. The van der Waals surface area contributed by atoms with Gasteiger partial charge in [0.15, 0.2) is 0 Å². The van der Waals surface area contributed by atoms with Crippen molar-refractivity contribution in [3.05, 3.63) is 5.96 Å². The van der Waals surface area contributed by atoms with E-state index >= 15 is 0 Å². The first kappa shape index (κ1) is 8.84. The molecule has 0 atom stereocenters. The van der Waals surface area contributed by atoms with E-state index in [2.05, 4.69) is 20.8 Å². The molecule has 0 amide bonds. The molecule has 0 aromatic carbocycles. The number of rotatable bonds is 3. The van der Waals surface area contributed by atoms with Crippen LogP contribution in [0.1, 0.15) is 0 Å². The molecule has 0 radical (unpaired) electrons. The molecule has 0 saturated heterocycles. The molecule has 64 valence electrons. The summed E-state index contributed by atoms with van der Waals surface area (Å²) in [4.78, 5) is 4.16. The predicted octanol–water partition coefficient (Wildman–Crippen LogP) is 0.545. The third-order valence-electron chi connectivity index (χ3n) is 1.71. The Morgan fingerprint density at radius 3 is 2.42 bits per heavy atom. The Kier molecular flexibility index (Phi) is 2.91. The van der Waals surface area contributed by atoms with Crippen LogP contribution < -0.4 is 16.0 Å². The number of nitrogens with zero attached hydrogens (tertiary/aromatic N) is 1. The monoisotopic (exact) mass is 164 g/mol. The molecular weight excluding hydrogens is 151 g/mol. The Morgan fingerprint density at radius 1 is 1.17 bits per heavy atom. The topological polar surface area (TPSA) is 49.0 Å². The summed E-state index contributed by atoms with van der Waals surface area (Å²) in [5.74, 6) is 2.77. The van der Waals surface area contributed by atoms with Crippen molar-refractivity contribution in [2.45, 2.75) is 0 Å². The molecule has 0 aliphatic rings. The fourth-order valence-electron chi connectivity index (χ4n) is 1.11. The van der Waals surface area contributed by atoms with Crippen LogP contribution in [0.25, 0.3) is 0 Å². The van der Waals surface area contributed by atoms with Crippen molar-refractivity contribution >= 4 is 24.2 Å². The maximum absolute atomic E-state index is 4.16. The van der Waals surface area contributed by atoms with E-state index in [1.807, 2.05) is 27.1 Å². The minimum absolute atomic E-state index is 0.851. The average Bonchev–Trinajstić information content (AvgIpc) is 2.16. The van der Waals surface area contributed by atoms with Gasteiger partial charge in [0.2, 0.25) is 0 Å². The van der Waals surface area contributed by atoms with E-state index in [-0.39, 0.29) is 0 Å². The van der Waals surface area contributed by atoms with E-state index in [0.717, 1.165) is 17.2 Å². The molecule has 1 heterocycles. The second-order valence-electron chi connectivity index (χ2n) is 2.33. The molecule has 1 aromatic rings. The average molecular weight is 164 g/mol. The van der Waals surface area contributed by atoms with Crippen molar-refractivity contribution in [3.63, 3.8) is 0 Å². The van der Waals surface area contributed by atoms with Crippen molar-refractivity contribution < 1.29 is 0 Å². The van der Waals surface area contributed by atoms with Gasteiger partial charge in [0, 0.05) is 0 Å². The van der Waals surface area contributed by atoms with Gasteiger partial charge in [-0.05, 0) is 0 Å². The van der Waals surface area contributed by atoms with Gasteiger partial charge < -0.3 is 0 Å². The molecule has 1 aromatic heterocycles. The minimum atomic E-state index is 0.851. The van der Waals surface area contributed by atoms with Gasteiger partial charge in [-0.1, -0.05) is 0 Å². The molecule has 0 unspecified atom stereocenters. The Bertz CT molecular complexity index is 241. The number of nitrogens with one attached hydrogen (secondary N) is 3. The van der Waals surface area contributed by atoms with Crippen LogP contribution in [0.5, 0.6) is 0 Å². The first-order valence-electron chi connectivity index (χ1n) is 3.85. The van der Waals surface area contributed by atoms with Gasteiger partial charge in [-0.25, -0.2) is 0 Å². The van der Waals surface area contributed by atoms with Gasteiger partial charge in [0.1, 0.15) is 0 Å². The molecule has 1 rings (SSSR count). The second-order valence-corrected chi connectivity index (χ2v) is 2.33. The number of hydrogen-bond donors (Lipinski definition) is 3. The van der Waals surface area contributed by atoms with Crippen LogP contribution in [-0.4, -0.2) is 33.1 Å². The van der Waals surface area contributed by atoms with Crippen LogP contribution in [0.2, 0.25) is 0 Å². The van der Waals surface area contributed by atoms with E-state index in [1.165, 1.54) is 0 Å². The van der Waals surface area contributed by atoms with E-state index in [4.69, 9.17) is 0 Å². The second kappa shape index (κ2) is 3.94. The summed E-state index contributed by atoms with van der Waals surface area (Å²) in [5, 5.41) is 9.16. The van der Waals surface area contributed by atoms with E-state index in [9.17, 15) is 0 Å². The fourth-order valence-corrected chi connectivity index (χ4v) is 1.11. The van der Waals surface area contributed by atoms with Gasteiger partial charge in [0.25, 0.3) is 0 Å². The number of aromatic nitrogens is 1. The number of anilines is 3. The van der Waals surface area contributed by atoms with Crippen molar-refractivity contribution in [2.75, 3.05) is 37.1 Å². The fraction of sp³-hybridized carbons (Fsp3) is 0.429. The number of hydrogen-bond acceptors (Lipinski definition) is 4. The van der Waals surface area contributed by atoms with Gasteiger partial charge in [-0.3, -0.25) is 0 Å². The first-order valence-corrected chi connectivity index (χ1v) is 3.85. The van der Waals surface area contributed by atoms with Crippen molar-refractivity contribution in [3.8, 4) is 0 Å². The summed E-state index contributed by atoms with van der Waals surface area (Å²) >= 11 is 0. The van der Waals surface area contributed by atoms with E-state index < -0.39 is 0 Å². The van der Waals surface area contributed by atoms with Crippen LogP contribution >= 0.6 is 0 Å². The van der Waals surface area contributed by atoms with Crippen LogP contribution in [-0.2, 0) is 0 Å². The Morgan fingerprint density at radius 2 is 1.92 bits per heavy atom. The van der Waals surface area contributed by atoms with Crippen LogP contribution in [0.3, 0.4) is 0 Å². The Balaban J connectivity index is 3.13. The third kappa shape index (κ3) is 1.49. The molecule has 0 spiro atoms. The molecule has 0 bridgehead atoms. The Labute approximate surface area is 73.0 Å². The maximum atomic E-state index is 4.16. The van der Waals surface area contributed by atoms with Crippen LogP contribution in [0, 0.1) is 0 Å². The molecule has 0 saturated carbocycles. The summed E-state index contributed by atoms with van der Waals surface area (Å²) in [5.41, 5.74) is 2.03. The quantitative estimate of drug-likeness (QED) is 0.610. The van der Waals surface area contributed by atoms with E-state index in [0.29, 0.717) is 0 Å². The van der Waals surface area contributed by atoms with Crippen molar-refractivity contribution in [2.24, 2.45) is 0 Å². The van der Waals surface area contributed by atoms with Gasteiger partial charge in [-0.15, -0.1) is 0 Å². The van der Waals surface area contributed by atoms with Crippen molar-refractivity contribution in [1.29, 1.82) is 0 Å².